The minimum Gasteiger partial charge on any atom is -0.469 e. The van der Waals surface area contributed by atoms with Crippen LogP contribution in [0.5, 0.6) is 5.88 Å². The van der Waals surface area contributed by atoms with Crippen molar-refractivity contribution in [3.05, 3.63) is 15.8 Å². The molecule has 1 atom stereocenters. The summed E-state index contributed by atoms with van der Waals surface area (Å²) in [6.07, 6.45) is 0.354. The van der Waals surface area contributed by atoms with E-state index in [0.717, 1.165) is 0 Å². The molecule has 0 aliphatic heterocycles. The molecule has 1 N–H and O–H groups in total. The third-order valence-electron chi connectivity index (χ3n) is 2.36. The van der Waals surface area contributed by atoms with Gasteiger partial charge in [-0.25, -0.2) is 4.68 Å². The smallest absolute Gasteiger partial charge is 0.353 e. The van der Waals surface area contributed by atoms with Gasteiger partial charge in [0.15, 0.2) is 0 Å². The van der Waals surface area contributed by atoms with Crippen molar-refractivity contribution in [2.45, 2.75) is 26.4 Å². The molecule has 96 valence electrons. The lowest BCUT2D eigenvalue weighted by Gasteiger charge is -2.13. The summed E-state index contributed by atoms with van der Waals surface area (Å²) >= 11 is 0. The van der Waals surface area contributed by atoms with Crippen LogP contribution in [0.3, 0.4) is 0 Å². The minimum absolute atomic E-state index is 0.0297. The maximum absolute atomic E-state index is 11.0. The molecule has 0 aromatic carbocycles. The van der Waals surface area contributed by atoms with E-state index >= 15 is 0 Å². The molecule has 0 aliphatic rings. The average molecular weight is 242 g/mol. The fourth-order valence-corrected chi connectivity index (χ4v) is 1.62. The number of likely N-dealkylation sites (N-methyl/N-ethyl adjacent to an activating group) is 1. The Hall–Kier alpha value is -1.63. The SMILES string of the molecule is CCc1nn(C)c(OC(C)CNC)c1[N+](=O)[O-]. The summed E-state index contributed by atoms with van der Waals surface area (Å²) in [6.45, 7) is 4.29. The Morgan fingerprint density at radius 2 is 2.29 bits per heavy atom. The Labute approximate surface area is 99.9 Å². The van der Waals surface area contributed by atoms with Crippen LogP contribution in [0.15, 0.2) is 0 Å². The highest BCUT2D eigenvalue weighted by Crippen LogP contribution is 2.31. The third kappa shape index (κ3) is 2.94. The maximum Gasteiger partial charge on any atom is 0.353 e. The van der Waals surface area contributed by atoms with Crippen molar-refractivity contribution >= 4 is 5.69 Å². The molecule has 0 fully saturated rings. The molecular formula is C10H18N4O3. The lowest BCUT2D eigenvalue weighted by atomic mass is 10.3. The predicted octanol–water partition coefficient (Wildman–Crippen LogP) is 0.877. The second kappa shape index (κ2) is 5.62. The molecule has 1 unspecified atom stereocenters. The number of aryl methyl sites for hydroxylation is 2. The van der Waals surface area contributed by atoms with Crippen LogP contribution in [0.25, 0.3) is 0 Å². The molecule has 1 aromatic heterocycles. The van der Waals surface area contributed by atoms with E-state index in [1.54, 1.807) is 14.1 Å². The molecule has 0 spiro atoms. The van der Waals surface area contributed by atoms with Gasteiger partial charge in [0.1, 0.15) is 11.8 Å². The highest BCUT2D eigenvalue weighted by atomic mass is 16.6. The van der Waals surface area contributed by atoms with E-state index in [4.69, 9.17) is 4.74 Å². The van der Waals surface area contributed by atoms with Crippen LogP contribution in [-0.4, -0.2) is 34.4 Å². The normalized spacial score (nSPS) is 12.5. The maximum atomic E-state index is 11.0. The minimum atomic E-state index is -0.437. The fourth-order valence-electron chi connectivity index (χ4n) is 1.62. The summed E-state index contributed by atoms with van der Waals surface area (Å²) in [6, 6.07) is 0. The Morgan fingerprint density at radius 1 is 1.65 bits per heavy atom. The molecule has 7 heteroatoms. The Balaban J connectivity index is 3.04. The van der Waals surface area contributed by atoms with E-state index < -0.39 is 4.92 Å². The summed E-state index contributed by atoms with van der Waals surface area (Å²) in [5, 5.41) is 18.1. The summed E-state index contributed by atoms with van der Waals surface area (Å²) in [5.74, 6) is 0.217. The first-order valence-corrected chi connectivity index (χ1v) is 5.52. The summed E-state index contributed by atoms with van der Waals surface area (Å²) in [4.78, 5) is 10.6. The highest BCUT2D eigenvalue weighted by molar-refractivity contribution is 5.46. The number of ether oxygens (including phenoxy) is 1. The van der Waals surface area contributed by atoms with Gasteiger partial charge in [0.25, 0.3) is 5.88 Å². The zero-order chi connectivity index (χ0) is 13.0. The number of hydrogen-bond acceptors (Lipinski definition) is 5. The molecule has 0 saturated carbocycles. The van der Waals surface area contributed by atoms with Crippen molar-refractivity contribution in [2.75, 3.05) is 13.6 Å². The van der Waals surface area contributed by atoms with E-state index in [1.165, 1.54) is 4.68 Å². The lowest BCUT2D eigenvalue weighted by molar-refractivity contribution is -0.386. The molecule has 0 radical (unpaired) electrons. The van der Waals surface area contributed by atoms with Gasteiger partial charge in [0.05, 0.1) is 4.92 Å². The van der Waals surface area contributed by atoms with Gasteiger partial charge in [0, 0.05) is 13.6 Å². The molecule has 0 aliphatic carbocycles. The number of nitrogens with one attached hydrogen (secondary N) is 1. The monoisotopic (exact) mass is 242 g/mol. The quantitative estimate of drug-likeness (QED) is 0.591. The number of nitro groups is 1. The molecule has 0 saturated heterocycles. The molecular weight excluding hydrogens is 224 g/mol. The van der Waals surface area contributed by atoms with Gasteiger partial charge in [-0.15, -0.1) is 0 Å². The molecule has 0 amide bonds. The molecule has 1 rings (SSSR count). The summed E-state index contributed by atoms with van der Waals surface area (Å²) in [5.41, 5.74) is 0.419. The van der Waals surface area contributed by atoms with Gasteiger partial charge < -0.3 is 10.1 Å². The van der Waals surface area contributed by atoms with E-state index in [1.807, 2.05) is 13.8 Å². The van der Waals surface area contributed by atoms with Crippen LogP contribution in [0.1, 0.15) is 19.5 Å². The fraction of sp³-hybridized carbons (Fsp3) is 0.700. The third-order valence-corrected chi connectivity index (χ3v) is 2.36. The second-order valence-corrected chi connectivity index (χ2v) is 3.82. The van der Waals surface area contributed by atoms with Crippen LogP contribution in [0, 0.1) is 10.1 Å². The predicted molar refractivity (Wildman–Crippen MR) is 63.3 cm³/mol. The van der Waals surface area contributed by atoms with Gasteiger partial charge in [0.2, 0.25) is 0 Å². The average Bonchev–Trinajstić information content (AvgIpc) is 2.56. The van der Waals surface area contributed by atoms with Crippen LogP contribution in [0.4, 0.5) is 5.69 Å². The van der Waals surface area contributed by atoms with Gasteiger partial charge in [-0.3, -0.25) is 10.1 Å². The second-order valence-electron chi connectivity index (χ2n) is 3.82. The van der Waals surface area contributed by atoms with Gasteiger partial charge in [-0.05, 0) is 20.4 Å². The van der Waals surface area contributed by atoms with Crippen molar-refractivity contribution < 1.29 is 9.66 Å². The van der Waals surface area contributed by atoms with Crippen LogP contribution < -0.4 is 10.1 Å². The van der Waals surface area contributed by atoms with Crippen molar-refractivity contribution in [1.29, 1.82) is 0 Å². The first-order valence-electron chi connectivity index (χ1n) is 5.52. The number of nitrogens with zero attached hydrogens (tertiary/aromatic N) is 3. The Morgan fingerprint density at radius 3 is 2.76 bits per heavy atom. The number of rotatable bonds is 6. The van der Waals surface area contributed by atoms with E-state index in [9.17, 15) is 10.1 Å². The standard InChI is InChI=1S/C10H18N4O3/c1-5-8-9(14(15)16)10(13(4)12-8)17-7(2)6-11-3/h7,11H,5-6H2,1-4H3. The summed E-state index contributed by atoms with van der Waals surface area (Å²) < 4.78 is 6.98. The van der Waals surface area contributed by atoms with Crippen LogP contribution in [-0.2, 0) is 13.5 Å². The van der Waals surface area contributed by atoms with Crippen molar-refractivity contribution in [1.82, 2.24) is 15.1 Å². The zero-order valence-corrected chi connectivity index (χ0v) is 10.6. The van der Waals surface area contributed by atoms with E-state index in [0.29, 0.717) is 18.7 Å². The van der Waals surface area contributed by atoms with E-state index in [2.05, 4.69) is 10.4 Å². The van der Waals surface area contributed by atoms with Crippen LogP contribution in [0.2, 0.25) is 0 Å². The van der Waals surface area contributed by atoms with Crippen molar-refractivity contribution in [2.24, 2.45) is 7.05 Å². The first-order chi connectivity index (χ1) is 8.01. The highest BCUT2D eigenvalue weighted by Gasteiger charge is 2.28. The molecule has 1 aromatic rings. The van der Waals surface area contributed by atoms with Crippen LogP contribution >= 0.6 is 0 Å². The Kier molecular flexibility index (Phi) is 4.45. The largest absolute Gasteiger partial charge is 0.469 e. The van der Waals surface area contributed by atoms with E-state index in [-0.39, 0.29) is 17.7 Å². The molecule has 7 nitrogen and oxygen atoms in total. The number of aromatic nitrogens is 2. The molecule has 0 bridgehead atoms. The van der Waals surface area contributed by atoms with Gasteiger partial charge in [-0.1, -0.05) is 6.92 Å². The lowest BCUT2D eigenvalue weighted by Crippen LogP contribution is -2.27. The van der Waals surface area contributed by atoms with Gasteiger partial charge >= 0.3 is 5.69 Å². The Bertz CT molecular complexity index is 403. The summed E-state index contributed by atoms with van der Waals surface area (Å²) in [7, 11) is 3.45. The molecule has 1 heterocycles. The van der Waals surface area contributed by atoms with Crippen molar-refractivity contribution in [3.63, 3.8) is 0 Å². The number of hydrogen-bond donors (Lipinski definition) is 1. The van der Waals surface area contributed by atoms with Crippen molar-refractivity contribution in [3.8, 4) is 5.88 Å². The van der Waals surface area contributed by atoms with Gasteiger partial charge in [-0.2, -0.15) is 5.10 Å². The topological polar surface area (TPSA) is 82.2 Å². The first kappa shape index (κ1) is 13.4. The zero-order valence-electron chi connectivity index (χ0n) is 10.6. The molecule has 17 heavy (non-hydrogen) atoms.